The maximum absolute atomic E-state index is 12.6. The number of nitrogens with zero attached hydrogens (tertiary/aromatic N) is 1. The number of rotatable bonds is 7. The minimum atomic E-state index is -0.651. The molecule has 5 heteroatoms. The van der Waals surface area contributed by atoms with Gasteiger partial charge in [0.15, 0.2) is 11.5 Å². The van der Waals surface area contributed by atoms with E-state index in [0.717, 1.165) is 25.2 Å². The van der Waals surface area contributed by atoms with Crippen molar-refractivity contribution in [3.8, 4) is 11.5 Å². The third kappa shape index (κ3) is 4.80. The van der Waals surface area contributed by atoms with Gasteiger partial charge < -0.3 is 14.8 Å². The van der Waals surface area contributed by atoms with Crippen LogP contribution in [0.2, 0.25) is 0 Å². The number of carbonyl (C=O) groups is 1. The summed E-state index contributed by atoms with van der Waals surface area (Å²) in [6, 6.07) is 15.8. The Bertz CT molecular complexity index is 756. The molecular formula is C22H28N2O3. The second kappa shape index (κ2) is 8.91. The van der Waals surface area contributed by atoms with Crippen molar-refractivity contribution < 1.29 is 14.3 Å². The van der Waals surface area contributed by atoms with Crippen molar-refractivity contribution >= 4 is 5.91 Å². The molecule has 2 atom stereocenters. The van der Waals surface area contributed by atoms with E-state index in [1.54, 1.807) is 0 Å². The minimum absolute atomic E-state index is 0.163. The van der Waals surface area contributed by atoms with Gasteiger partial charge in [0.2, 0.25) is 6.10 Å². The molecule has 1 heterocycles. The van der Waals surface area contributed by atoms with Crippen molar-refractivity contribution in [2.75, 3.05) is 13.1 Å². The van der Waals surface area contributed by atoms with Gasteiger partial charge in [-0.2, -0.15) is 0 Å². The lowest BCUT2D eigenvalue weighted by atomic mass is 10.1. The van der Waals surface area contributed by atoms with Crippen molar-refractivity contribution in [2.24, 2.45) is 0 Å². The molecule has 1 aliphatic heterocycles. The first-order valence-electron chi connectivity index (χ1n) is 9.61. The summed E-state index contributed by atoms with van der Waals surface area (Å²) in [6.07, 6.45) is -0.988. The number of benzene rings is 2. The molecular weight excluding hydrogens is 340 g/mol. The summed E-state index contributed by atoms with van der Waals surface area (Å²) < 4.78 is 11.6. The Kier molecular flexibility index (Phi) is 6.35. The van der Waals surface area contributed by atoms with Crippen LogP contribution in [0.4, 0.5) is 0 Å². The second-order valence-corrected chi connectivity index (χ2v) is 6.80. The van der Waals surface area contributed by atoms with Crippen LogP contribution in [0, 0.1) is 0 Å². The third-order valence-electron chi connectivity index (χ3n) is 4.89. The van der Waals surface area contributed by atoms with Gasteiger partial charge in [-0.15, -0.1) is 0 Å². The number of carbonyl (C=O) groups excluding carboxylic acids is 1. The molecule has 1 aliphatic rings. The van der Waals surface area contributed by atoms with Gasteiger partial charge in [0.1, 0.15) is 6.10 Å². The molecule has 144 valence electrons. The number of hydrogen-bond donors (Lipinski definition) is 1. The van der Waals surface area contributed by atoms with Gasteiger partial charge >= 0.3 is 0 Å². The number of ether oxygens (including phenoxy) is 2. The Labute approximate surface area is 161 Å². The van der Waals surface area contributed by atoms with Gasteiger partial charge in [-0.05, 0) is 43.3 Å². The summed E-state index contributed by atoms with van der Waals surface area (Å²) >= 11 is 0. The molecule has 0 radical (unpaired) electrons. The lowest BCUT2D eigenvalue weighted by Gasteiger charge is -2.31. The normalized spacial score (nSPS) is 18.4. The standard InChI is InChI=1S/C22H28N2O3/c1-4-24(5-2)15-18-12-10-17(11-13-18)14-23-22(25)21-16(3)26-19-8-6-7-9-20(19)27-21/h6-13,16,21H,4-5,14-15H2,1-3H3,(H,23,25)/t16-,21-/m0/s1. The van der Waals surface area contributed by atoms with Gasteiger partial charge in [0, 0.05) is 13.1 Å². The average Bonchev–Trinajstić information content (AvgIpc) is 2.70. The molecule has 0 spiro atoms. The Hall–Kier alpha value is -2.53. The number of amides is 1. The van der Waals surface area contributed by atoms with Gasteiger partial charge in [0.05, 0.1) is 0 Å². The van der Waals surface area contributed by atoms with E-state index >= 15 is 0 Å². The quantitative estimate of drug-likeness (QED) is 0.814. The highest BCUT2D eigenvalue weighted by atomic mass is 16.6. The highest BCUT2D eigenvalue weighted by Crippen LogP contribution is 2.33. The zero-order valence-electron chi connectivity index (χ0n) is 16.3. The average molecular weight is 368 g/mol. The number of hydrogen-bond acceptors (Lipinski definition) is 4. The molecule has 0 unspecified atom stereocenters. The van der Waals surface area contributed by atoms with Crippen LogP contribution in [-0.2, 0) is 17.9 Å². The predicted octanol–water partition coefficient (Wildman–Crippen LogP) is 3.37. The van der Waals surface area contributed by atoms with E-state index in [2.05, 4.69) is 48.3 Å². The maximum Gasteiger partial charge on any atom is 0.265 e. The Balaban J connectivity index is 1.55. The molecule has 1 N–H and O–H groups in total. The summed E-state index contributed by atoms with van der Waals surface area (Å²) in [5.41, 5.74) is 2.35. The molecule has 0 saturated heterocycles. The third-order valence-corrected chi connectivity index (χ3v) is 4.89. The largest absolute Gasteiger partial charge is 0.482 e. The molecule has 3 rings (SSSR count). The number of para-hydroxylation sites is 2. The van der Waals surface area contributed by atoms with Gasteiger partial charge in [0.25, 0.3) is 5.91 Å². The summed E-state index contributed by atoms with van der Waals surface area (Å²) in [4.78, 5) is 14.9. The monoisotopic (exact) mass is 368 g/mol. The summed E-state index contributed by atoms with van der Waals surface area (Å²) in [5, 5.41) is 2.96. The van der Waals surface area contributed by atoms with Crippen molar-refractivity contribution in [3.05, 3.63) is 59.7 Å². The van der Waals surface area contributed by atoms with Crippen molar-refractivity contribution in [1.82, 2.24) is 10.2 Å². The highest BCUT2D eigenvalue weighted by Gasteiger charge is 2.33. The number of nitrogens with one attached hydrogen (secondary N) is 1. The van der Waals surface area contributed by atoms with Crippen molar-refractivity contribution in [3.63, 3.8) is 0 Å². The molecule has 1 amide bonds. The topological polar surface area (TPSA) is 50.8 Å². The molecule has 0 fully saturated rings. The smallest absolute Gasteiger partial charge is 0.265 e. The van der Waals surface area contributed by atoms with Crippen LogP contribution in [0.1, 0.15) is 31.9 Å². The van der Waals surface area contributed by atoms with Crippen molar-refractivity contribution in [1.29, 1.82) is 0 Å². The van der Waals surface area contributed by atoms with E-state index in [0.29, 0.717) is 18.0 Å². The summed E-state index contributed by atoms with van der Waals surface area (Å²) in [5.74, 6) is 1.12. The van der Waals surface area contributed by atoms with E-state index < -0.39 is 6.10 Å². The van der Waals surface area contributed by atoms with Crippen LogP contribution in [0.15, 0.2) is 48.5 Å². The van der Waals surface area contributed by atoms with E-state index in [1.807, 2.05) is 31.2 Å². The zero-order chi connectivity index (χ0) is 19.2. The molecule has 27 heavy (non-hydrogen) atoms. The number of fused-ring (bicyclic) bond motifs is 1. The van der Waals surface area contributed by atoms with Crippen LogP contribution in [0.5, 0.6) is 11.5 Å². The molecule has 0 aliphatic carbocycles. The second-order valence-electron chi connectivity index (χ2n) is 6.80. The highest BCUT2D eigenvalue weighted by molar-refractivity contribution is 5.82. The fourth-order valence-electron chi connectivity index (χ4n) is 3.16. The molecule has 5 nitrogen and oxygen atoms in total. The predicted molar refractivity (Wildman–Crippen MR) is 106 cm³/mol. The SMILES string of the molecule is CCN(CC)Cc1ccc(CNC(=O)[C@H]2Oc3ccccc3O[C@H]2C)cc1. The Morgan fingerprint density at radius 2 is 1.56 bits per heavy atom. The fraction of sp³-hybridized carbons (Fsp3) is 0.409. The molecule has 2 aromatic carbocycles. The first kappa shape index (κ1) is 19.2. The lowest BCUT2D eigenvalue weighted by molar-refractivity contribution is -0.133. The van der Waals surface area contributed by atoms with Crippen LogP contribution < -0.4 is 14.8 Å². The van der Waals surface area contributed by atoms with E-state index in [9.17, 15) is 4.79 Å². The summed E-state index contributed by atoms with van der Waals surface area (Å²) in [7, 11) is 0. The van der Waals surface area contributed by atoms with Gasteiger partial charge in [-0.3, -0.25) is 9.69 Å². The zero-order valence-corrected chi connectivity index (χ0v) is 16.3. The van der Waals surface area contributed by atoms with Crippen LogP contribution in [0.25, 0.3) is 0 Å². The van der Waals surface area contributed by atoms with Crippen molar-refractivity contribution in [2.45, 2.75) is 46.1 Å². The van der Waals surface area contributed by atoms with E-state index in [1.165, 1.54) is 5.56 Å². The first-order chi connectivity index (χ1) is 13.1. The van der Waals surface area contributed by atoms with Crippen LogP contribution in [-0.4, -0.2) is 36.1 Å². The maximum atomic E-state index is 12.6. The fourth-order valence-corrected chi connectivity index (χ4v) is 3.16. The Morgan fingerprint density at radius 3 is 2.19 bits per heavy atom. The van der Waals surface area contributed by atoms with Gasteiger partial charge in [-0.25, -0.2) is 0 Å². The minimum Gasteiger partial charge on any atom is -0.482 e. The Morgan fingerprint density at radius 1 is 0.963 bits per heavy atom. The first-order valence-corrected chi connectivity index (χ1v) is 9.61. The van der Waals surface area contributed by atoms with Gasteiger partial charge in [-0.1, -0.05) is 50.2 Å². The lowest BCUT2D eigenvalue weighted by Crippen LogP contribution is -2.48. The molecule has 2 aromatic rings. The molecule has 0 saturated carbocycles. The van der Waals surface area contributed by atoms with Crippen LogP contribution in [0.3, 0.4) is 0 Å². The van der Waals surface area contributed by atoms with Crippen LogP contribution >= 0.6 is 0 Å². The van der Waals surface area contributed by atoms with E-state index in [4.69, 9.17) is 9.47 Å². The molecule has 0 bridgehead atoms. The molecule has 0 aromatic heterocycles. The summed E-state index contributed by atoms with van der Waals surface area (Å²) in [6.45, 7) is 9.69. The van der Waals surface area contributed by atoms with E-state index in [-0.39, 0.29) is 12.0 Å².